The van der Waals surface area contributed by atoms with Gasteiger partial charge in [-0.05, 0) is 91.9 Å². The highest BCUT2D eigenvalue weighted by Gasteiger charge is 2.33. The maximum Gasteiger partial charge on any atom is 0.234 e. The van der Waals surface area contributed by atoms with Gasteiger partial charge < -0.3 is 4.57 Å². The fourth-order valence-electron chi connectivity index (χ4n) is 9.86. The maximum absolute atomic E-state index is 4.99. The van der Waals surface area contributed by atoms with Gasteiger partial charge in [0.1, 0.15) is 8.07 Å². The Morgan fingerprint density at radius 1 is 0.312 bits per heavy atom. The first kappa shape index (κ1) is 37.6. The summed E-state index contributed by atoms with van der Waals surface area (Å²) in [6.07, 6.45) is 3.89. The Kier molecular flexibility index (Phi) is 9.02. The van der Waals surface area contributed by atoms with Gasteiger partial charge in [-0.1, -0.05) is 182 Å². The van der Waals surface area contributed by atoms with E-state index in [0.29, 0.717) is 5.95 Å². The minimum atomic E-state index is -2.17. The average molecular weight is 835 g/mol. The summed E-state index contributed by atoms with van der Waals surface area (Å²) in [6.45, 7) is 2.46. The van der Waals surface area contributed by atoms with Crippen molar-refractivity contribution >= 4 is 67.2 Å². The number of nitrogens with zero attached hydrogens (tertiary/aromatic N) is 4. The maximum atomic E-state index is 4.99. The van der Waals surface area contributed by atoms with E-state index in [4.69, 9.17) is 9.97 Å². The Balaban J connectivity index is 0.844. The van der Waals surface area contributed by atoms with Gasteiger partial charge in [-0.15, -0.1) is 0 Å². The van der Waals surface area contributed by atoms with Crippen molar-refractivity contribution in [2.45, 2.75) is 6.55 Å². The highest BCUT2D eigenvalue weighted by atomic mass is 28.3. The molecule has 0 aliphatic carbocycles. The molecule has 0 aliphatic heterocycles. The van der Waals surface area contributed by atoms with Gasteiger partial charge >= 0.3 is 0 Å². The van der Waals surface area contributed by atoms with Gasteiger partial charge in [-0.2, -0.15) is 0 Å². The number of benzene rings is 9. The minimum Gasteiger partial charge on any atom is -0.309 e. The molecule has 0 N–H and O–H groups in total. The second-order valence-corrected chi connectivity index (χ2v) is 20.8. The van der Waals surface area contributed by atoms with Gasteiger partial charge in [0.15, 0.2) is 0 Å². The van der Waals surface area contributed by atoms with Crippen molar-refractivity contribution in [1.29, 1.82) is 0 Å². The molecule has 0 bridgehead atoms. The summed E-state index contributed by atoms with van der Waals surface area (Å²) in [6, 6.07) is 81.5. The van der Waals surface area contributed by atoms with Crippen LogP contribution in [0.25, 0.3) is 88.6 Å². The summed E-state index contributed by atoms with van der Waals surface area (Å²) in [5, 5.41) is 9.04. The van der Waals surface area contributed by atoms with Crippen molar-refractivity contribution in [3.63, 3.8) is 0 Å². The lowest BCUT2D eigenvalue weighted by Gasteiger charge is -2.29. The SMILES string of the molecule is C[Si](c1ccccc1)(c1ccccc1)c1ccc(-c2ccc(-c3cnc(-n4c5ccccc5c5cc(-c6ccc7c(c6)c6ccccc6n7-c6ccccc6)ccc54)nc3)cc2)cc1. The van der Waals surface area contributed by atoms with Crippen LogP contribution in [-0.4, -0.2) is 27.2 Å². The van der Waals surface area contributed by atoms with Crippen LogP contribution in [-0.2, 0) is 0 Å². The molecule has 0 aliphatic rings. The molecule has 4 nitrogen and oxygen atoms in total. The van der Waals surface area contributed by atoms with Gasteiger partial charge in [-0.3, -0.25) is 4.57 Å². The highest BCUT2D eigenvalue weighted by molar-refractivity contribution is 7.10. The zero-order chi connectivity index (χ0) is 42.6. The van der Waals surface area contributed by atoms with Gasteiger partial charge in [0, 0.05) is 45.2 Å². The van der Waals surface area contributed by atoms with E-state index in [1.54, 1.807) is 0 Å². The molecule has 5 heteroatoms. The van der Waals surface area contributed by atoms with Crippen LogP contribution in [0, 0.1) is 0 Å². The molecule has 0 saturated carbocycles. The Morgan fingerprint density at radius 3 is 1.22 bits per heavy atom. The molecule has 9 aromatic carbocycles. The minimum absolute atomic E-state index is 0.649. The van der Waals surface area contributed by atoms with Crippen LogP contribution in [0.15, 0.2) is 237 Å². The third-order valence-corrected chi connectivity index (χ3v) is 17.7. The van der Waals surface area contributed by atoms with E-state index >= 15 is 0 Å². The van der Waals surface area contributed by atoms with Gasteiger partial charge in [0.25, 0.3) is 0 Å². The molecule has 0 unspecified atom stereocenters. The molecule has 3 aromatic heterocycles. The van der Waals surface area contributed by atoms with Gasteiger partial charge in [-0.25, -0.2) is 9.97 Å². The molecule has 12 aromatic rings. The molecular formula is C59H42N4Si. The predicted molar refractivity (Wildman–Crippen MR) is 270 cm³/mol. The topological polar surface area (TPSA) is 35.6 Å². The van der Waals surface area contributed by atoms with Gasteiger partial charge in [0.05, 0.1) is 22.1 Å². The second-order valence-electron chi connectivity index (χ2n) is 16.8. The lowest BCUT2D eigenvalue weighted by Crippen LogP contribution is -2.64. The van der Waals surface area contributed by atoms with E-state index in [-0.39, 0.29) is 0 Å². The van der Waals surface area contributed by atoms with E-state index in [1.807, 2.05) is 12.4 Å². The van der Waals surface area contributed by atoms with E-state index < -0.39 is 8.07 Å². The van der Waals surface area contributed by atoms with Crippen molar-refractivity contribution < 1.29 is 0 Å². The fraction of sp³-hybridized carbons (Fsp3) is 0.0169. The van der Waals surface area contributed by atoms with Crippen LogP contribution < -0.4 is 15.6 Å². The first-order valence-corrected chi connectivity index (χ1v) is 24.4. The number of rotatable bonds is 8. The summed E-state index contributed by atoms with van der Waals surface area (Å²) in [4.78, 5) is 9.97. The first-order valence-electron chi connectivity index (χ1n) is 21.9. The molecule has 302 valence electrons. The molecule has 0 amide bonds. The largest absolute Gasteiger partial charge is 0.309 e. The quantitative estimate of drug-likeness (QED) is 0.113. The normalized spacial score (nSPS) is 11.8. The lowest BCUT2D eigenvalue weighted by atomic mass is 10.0. The monoisotopic (exact) mass is 834 g/mol. The van der Waals surface area contributed by atoms with E-state index in [0.717, 1.165) is 27.8 Å². The zero-order valence-electron chi connectivity index (χ0n) is 35.3. The zero-order valence-corrected chi connectivity index (χ0v) is 36.3. The number of hydrogen-bond donors (Lipinski definition) is 0. The molecule has 0 spiro atoms. The van der Waals surface area contributed by atoms with E-state index in [9.17, 15) is 0 Å². The molecule has 12 rings (SSSR count). The fourth-order valence-corrected chi connectivity index (χ4v) is 13.4. The highest BCUT2D eigenvalue weighted by Crippen LogP contribution is 2.38. The van der Waals surface area contributed by atoms with Crippen LogP contribution in [0.4, 0.5) is 0 Å². The van der Waals surface area contributed by atoms with Crippen molar-refractivity contribution in [1.82, 2.24) is 19.1 Å². The van der Waals surface area contributed by atoms with Crippen LogP contribution in [0.2, 0.25) is 6.55 Å². The summed E-state index contributed by atoms with van der Waals surface area (Å²) in [5.41, 5.74) is 12.5. The third kappa shape index (κ3) is 6.20. The van der Waals surface area contributed by atoms with Crippen molar-refractivity contribution in [2.75, 3.05) is 0 Å². The van der Waals surface area contributed by atoms with Crippen molar-refractivity contribution in [3.8, 4) is 45.0 Å². The second kappa shape index (κ2) is 15.3. The summed E-state index contributed by atoms with van der Waals surface area (Å²) in [7, 11) is -2.17. The first-order chi connectivity index (χ1) is 31.6. The number of fused-ring (bicyclic) bond motifs is 6. The Labute approximate surface area is 373 Å². The number of para-hydroxylation sites is 3. The average Bonchev–Trinajstić information content (AvgIpc) is 3.89. The number of hydrogen-bond acceptors (Lipinski definition) is 2. The van der Waals surface area contributed by atoms with Crippen LogP contribution in [0.3, 0.4) is 0 Å². The summed E-state index contributed by atoms with van der Waals surface area (Å²) >= 11 is 0. The van der Waals surface area contributed by atoms with Crippen LogP contribution in [0.5, 0.6) is 0 Å². The van der Waals surface area contributed by atoms with E-state index in [2.05, 4.69) is 240 Å². The van der Waals surface area contributed by atoms with Crippen LogP contribution in [0.1, 0.15) is 0 Å². The summed E-state index contributed by atoms with van der Waals surface area (Å²) < 4.78 is 4.55. The van der Waals surface area contributed by atoms with Crippen LogP contribution >= 0.6 is 0 Å². The summed E-state index contributed by atoms with van der Waals surface area (Å²) in [5.74, 6) is 0.649. The Hall–Kier alpha value is -8.12. The smallest absolute Gasteiger partial charge is 0.234 e. The Morgan fingerprint density at radius 2 is 0.688 bits per heavy atom. The Bertz CT molecular complexity index is 3590. The molecule has 3 heterocycles. The van der Waals surface area contributed by atoms with Crippen molar-refractivity contribution in [3.05, 3.63) is 237 Å². The standard InChI is InChI=1S/C59H42N4Si/c1-64(48-17-7-3-8-18-48,49-19-9-4-10-20-49)50-33-29-42(30-34-50)41-25-27-43(28-26-41)46-39-60-59(61-40-46)63-56-24-14-12-22-52(56)54-38-45(32-36-58(54)63)44-31-35-57-53(37-44)51-21-11-13-23-55(51)62(57)47-15-5-2-6-16-47/h2-40H,1H3. The van der Waals surface area contributed by atoms with E-state index in [1.165, 1.54) is 70.4 Å². The molecule has 0 saturated heterocycles. The molecule has 64 heavy (non-hydrogen) atoms. The molecule has 0 fully saturated rings. The van der Waals surface area contributed by atoms with Gasteiger partial charge in [0.2, 0.25) is 5.95 Å². The molecular weight excluding hydrogens is 793 g/mol. The predicted octanol–water partition coefficient (Wildman–Crippen LogP) is 12.8. The third-order valence-electron chi connectivity index (χ3n) is 13.2. The molecule has 0 radical (unpaired) electrons. The lowest BCUT2D eigenvalue weighted by molar-refractivity contribution is 0.990. The molecule has 0 atom stereocenters. The number of aromatic nitrogens is 4. The van der Waals surface area contributed by atoms with Crippen molar-refractivity contribution in [2.24, 2.45) is 0 Å².